The number of methoxy groups -OCH3 is 1. The first kappa shape index (κ1) is 18.4. The number of rotatable bonds is 4. The SMILES string of the molecule is COc1ccc([C@@H](c2nnnn2C(C)(C)C)N2CCN3CCC[C@@H]3C2)cc1. The van der Waals surface area contributed by atoms with Crippen LogP contribution in [-0.2, 0) is 5.54 Å². The van der Waals surface area contributed by atoms with E-state index in [9.17, 15) is 0 Å². The van der Waals surface area contributed by atoms with Crippen molar-refractivity contribution in [2.24, 2.45) is 0 Å². The van der Waals surface area contributed by atoms with Gasteiger partial charge in [0.25, 0.3) is 0 Å². The van der Waals surface area contributed by atoms with Crippen LogP contribution < -0.4 is 4.74 Å². The van der Waals surface area contributed by atoms with E-state index in [-0.39, 0.29) is 11.6 Å². The van der Waals surface area contributed by atoms with Gasteiger partial charge in [-0.05, 0) is 68.3 Å². The molecule has 3 heterocycles. The van der Waals surface area contributed by atoms with E-state index in [0.29, 0.717) is 6.04 Å². The summed E-state index contributed by atoms with van der Waals surface area (Å²) >= 11 is 0. The fraction of sp³-hybridized carbons (Fsp3) is 0.650. The van der Waals surface area contributed by atoms with Gasteiger partial charge in [0.2, 0.25) is 0 Å². The van der Waals surface area contributed by atoms with Crippen molar-refractivity contribution in [1.29, 1.82) is 0 Å². The van der Waals surface area contributed by atoms with Crippen LogP contribution in [0.15, 0.2) is 24.3 Å². The molecule has 0 aliphatic carbocycles. The van der Waals surface area contributed by atoms with Gasteiger partial charge in [-0.3, -0.25) is 9.80 Å². The molecular weight excluding hydrogens is 340 g/mol. The molecule has 27 heavy (non-hydrogen) atoms. The van der Waals surface area contributed by atoms with E-state index in [0.717, 1.165) is 31.2 Å². The maximum absolute atomic E-state index is 5.35. The standard InChI is InChI=1S/C20H30N6O/c1-20(2,3)26-19(21-22-23-26)18(15-7-9-17(27-4)10-8-15)25-13-12-24-11-5-6-16(24)14-25/h7-10,16,18H,5-6,11-14H2,1-4H3/t16-,18+/m1/s1. The lowest BCUT2D eigenvalue weighted by molar-refractivity contribution is 0.0776. The van der Waals surface area contributed by atoms with Gasteiger partial charge in [0, 0.05) is 25.7 Å². The zero-order valence-corrected chi connectivity index (χ0v) is 16.8. The average Bonchev–Trinajstić information content (AvgIpc) is 3.31. The molecule has 0 radical (unpaired) electrons. The van der Waals surface area contributed by atoms with Crippen molar-refractivity contribution in [3.63, 3.8) is 0 Å². The number of tetrazole rings is 1. The van der Waals surface area contributed by atoms with Crippen molar-refractivity contribution >= 4 is 0 Å². The minimum Gasteiger partial charge on any atom is -0.497 e. The Bertz CT molecular complexity index is 766. The van der Waals surface area contributed by atoms with E-state index in [1.807, 2.05) is 16.8 Å². The van der Waals surface area contributed by atoms with E-state index >= 15 is 0 Å². The van der Waals surface area contributed by atoms with Crippen molar-refractivity contribution in [2.75, 3.05) is 33.3 Å². The number of ether oxygens (including phenoxy) is 1. The molecule has 2 fully saturated rings. The molecule has 2 aliphatic heterocycles. The van der Waals surface area contributed by atoms with Gasteiger partial charge in [-0.1, -0.05) is 12.1 Å². The van der Waals surface area contributed by atoms with Gasteiger partial charge >= 0.3 is 0 Å². The third kappa shape index (κ3) is 3.58. The number of hydrogen-bond donors (Lipinski definition) is 0. The summed E-state index contributed by atoms with van der Waals surface area (Å²) in [6.07, 6.45) is 2.60. The monoisotopic (exact) mass is 370 g/mol. The van der Waals surface area contributed by atoms with Gasteiger partial charge in [0.05, 0.1) is 18.7 Å². The van der Waals surface area contributed by atoms with E-state index in [2.05, 4.69) is 58.2 Å². The predicted octanol–water partition coefficient (Wildman–Crippen LogP) is 2.31. The highest BCUT2D eigenvalue weighted by molar-refractivity contribution is 5.32. The molecule has 146 valence electrons. The normalized spacial score (nSPS) is 22.6. The number of piperazine rings is 1. The molecule has 4 rings (SSSR count). The van der Waals surface area contributed by atoms with Crippen LogP contribution in [-0.4, -0.2) is 69.3 Å². The van der Waals surface area contributed by atoms with Gasteiger partial charge in [-0.2, -0.15) is 0 Å². The zero-order chi connectivity index (χ0) is 19.0. The number of fused-ring (bicyclic) bond motifs is 1. The van der Waals surface area contributed by atoms with Crippen LogP contribution in [0.25, 0.3) is 0 Å². The molecule has 0 N–H and O–H groups in total. The number of aromatic nitrogens is 4. The highest BCUT2D eigenvalue weighted by Crippen LogP contribution is 2.34. The lowest BCUT2D eigenvalue weighted by Crippen LogP contribution is -2.51. The van der Waals surface area contributed by atoms with Crippen LogP contribution in [0.2, 0.25) is 0 Å². The molecule has 2 aromatic rings. The zero-order valence-electron chi connectivity index (χ0n) is 16.8. The summed E-state index contributed by atoms with van der Waals surface area (Å²) in [6, 6.07) is 9.04. The molecule has 7 heteroatoms. The molecule has 1 aromatic carbocycles. The van der Waals surface area contributed by atoms with Crippen LogP contribution >= 0.6 is 0 Å². The summed E-state index contributed by atoms with van der Waals surface area (Å²) in [4.78, 5) is 5.19. The smallest absolute Gasteiger partial charge is 0.173 e. The van der Waals surface area contributed by atoms with Gasteiger partial charge in [-0.25, -0.2) is 4.68 Å². The van der Waals surface area contributed by atoms with Crippen molar-refractivity contribution in [2.45, 2.75) is 51.2 Å². The Balaban J connectivity index is 1.72. The van der Waals surface area contributed by atoms with Gasteiger partial charge in [-0.15, -0.1) is 5.10 Å². The fourth-order valence-corrected chi connectivity index (χ4v) is 4.40. The molecule has 0 amide bonds. The Morgan fingerprint density at radius 1 is 1.11 bits per heavy atom. The lowest BCUT2D eigenvalue weighted by atomic mass is 10.00. The van der Waals surface area contributed by atoms with Crippen LogP contribution in [0.1, 0.15) is 51.0 Å². The van der Waals surface area contributed by atoms with E-state index in [1.165, 1.54) is 24.9 Å². The maximum Gasteiger partial charge on any atom is 0.173 e. The van der Waals surface area contributed by atoms with Crippen LogP contribution in [0.4, 0.5) is 0 Å². The third-order valence-electron chi connectivity index (χ3n) is 5.79. The molecule has 7 nitrogen and oxygen atoms in total. The average molecular weight is 371 g/mol. The number of benzene rings is 1. The summed E-state index contributed by atoms with van der Waals surface area (Å²) in [7, 11) is 1.70. The molecule has 2 atom stereocenters. The van der Waals surface area contributed by atoms with Crippen molar-refractivity contribution in [3.05, 3.63) is 35.7 Å². The highest BCUT2D eigenvalue weighted by Gasteiger charge is 2.37. The summed E-state index contributed by atoms with van der Waals surface area (Å²) in [5, 5.41) is 12.8. The van der Waals surface area contributed by atoms with Crippen molar-refractivity contribution < 1.29 is 4.74 Å². The lowest BCUT2D eigenvalue weighted by Gasteiger charge is -2.41. The minimum atomic E-state index is -0.168. The second kappa shape index (κ2) is 7.20. The Hall–Kier alpha value is -1.99. The fourth-order valence-electron chi connectivity index (χ4n) is 4.40. The van der Waals surface area contributed by atoms with Crippen molar-refractivity contribution in [3.8, 4) is 5.75 Å². The van der Waals surface area contributed by atoms with Gasteiger partial charge in [0.15, 0.2) is 5.82 Å². The van der Waals surface area contributed by atoms with Crippen LogP contribution in [0, 0.1) is 0 Å². The Morgan fingerprint density at radius 2 is 1.89 bits per heavy atom. The van der Waals surface area contributed by atoms with E-state index in [4.69, 9.17) is 4.74 Å². The molecule has 0 unspecified atom stereocenters. The van der Waals surface area contributed by atoms with Crippen LogP contribution in [0.5, 0.6) is 5.75 Å². The van der Waals surface area contributed by atoms with Gasteiger partial charge < -0.3 is 4.74 Å². The summed E-state index contributed by atoms with van der Waals surface area (Å²) in [5.74, 6) is 1.78. The first-order valence-corrected chi connectivity index (χ1v) is 9.88. The Labute approximate surface area is 161 Å². The second-order valence-corrected chi connectivity index (χ2v) is 8.62. The summed E-state index contributed by atoms with van der Waals surface area (Å²) in [5.41, 5.74) is 1.04. The predicted molar refractivity (Wildman–Crippen MR) is 104 cm³/mol. The Kier molecular flexibility index (Phi) is 4.90. The largest absolute Gasteiger partial charge is 0.497 e. The second-order valence-electron chi connectivity index (χ2n) is 8.62. The number of hydrogen-bond acceptors (Lipinski definition) is 6. The first-order chi connectivity index (χ1) is 13.0. The molecular formula is C20H30N6O. The molecule has 0 spiro atoms. The van der Waals surface area contributed by atoms with Gasteiger partial charge in [0.1, 0.15) is 5.75 Å². The molecule has 0 saturated carbocycles. The molecule has 0 bridgehead atoms. The third-order valence-corrected chi connectivity index (χ3v) is 5.79. The van der Waals surface area contributed by atoms with E-state index in [1.54, 1.807) is 7.11 Å². The highest BCUT2D eigenvalue weighted by atomic mass is 16.5. The molecule has 2 saturated heterocycles. The topological polar surface area (TPSA) is 59.3 Å². The molecule has 2 aliphatic rings. The van der Waals surface area contributed by atoms with E-state index < -0.39 is 0 Å². The first-order valence-electron chi connectivity index (χ1n) is 9.88. The summed E-state index contributed by atoms with van der Waals surface area (Å²) < 4.78 is 7.33. The minimum absolute atomic E-state index is 0.0490. The quantitative estimate of drug-likeness (QED) is 0.823. The maximum atomic E-state index is 5.35. The number of nitrogens with zero attached hydrogens (tertiary/aromatic N) is 6. The Morgan fingerprint density at radius 3 is 2.59 bits per heavy atom. The van der Waals surface area contributed by atoms with Crippen molar-refractivity contribution in [1.82, 2.24) is 30.0 Å². The van der Waals surface area contributed by atoms with Crippen LogP contribution in [0.3, 0.4) is 0 Å². The summed E-state index contributed by atoms with van der Waals surface area (Å²) in [6.45, 7) is 10.9. The molecule has 1 aromatic heterocycles.